The molecule has 0 saturated heterocycles. The van der Waals surface area contributed by atoms with Crippen molar-refractivity contribution in [2.24, 2.45) is 5.73 Å². The third kappa shape index (κ3) is 5.78. The van der Waals surface area contributed by atoms with Crippen molar-refractivity contribution in [3.8, 4) is 5.75 Å². The topological polar surface area (TPSA) is 81.9 Å². The molecule has 0 bridgehead atoms. The fourth-order valence-electron chi connectivity index (χ4n) is 1.46. The number of rotatable bonds is 7. The van der Waals surface area contributed by atoms with Gasteiger partial charge in [-0.3, -0.25) is 9.59 Å². The quantitative estimate of drug-likeness (QED) is 0.590. The maximum atomic E-state index is 11.8. The van der Waals surface area contributed by atoms with Crippen molar-refractivity contribution in [1.82, 2.24) is 4.90 Å². The van der Waals surface area contributed by atoms with Gasteiger partial charge < -0.3 is 20.1 Å². The van der Waals surface area contributed by atoms with E-state index in [1.807, 2.05) is 0 Å². The fraction of sp³-hybridized carbons (Fsp3) is 0.357. The van der Waals surface area contributed by atoms with E-state index in [1.165, 1.54) is 11.9 Å². The molecule has 21 heavy (non-hydrogen) atoms. The highest BCUT2D eigenvalue weighted by molar-refractivity contribution is 7.80. The normalized spacial score (nSPS) is 9.81. The van der Waals surface area contributed by atoms with Gasteiger partial charge in [-0.15, -0.1) is 0 Å². The predicted octanol–water partition coefficient (Wildman–Crippen LogP) is 0.721. The number of amides is 1. The molecule has 0 aromatic heterocycles. The van der Waals surface area contributed by atoms with Crippen molar-refractivity contribution in [1.29, 1.82) is 0 Å². The van der Waals surface area contributed by atoms with Gasteiger partial charge >= 0.3 is 5.97 Å². The summed E-state index contributed by atoms with van der Waals surface area (Å²) in [7, 11) is 1.51. The molecular formula is C14H18N2O4S. The summed E-state index contributed by atoms with van der Waals surface area (Å²) in [6.45, 7) is 1.73. The summed E-state index contributed by atoms with van der Waals surface area (Å²) < 4.78 is 10.1. The highest BCUT2D eigenvalue weighted by Crippen LogP contribution is 2.12. The molecule has 0 heterocycles. The first-order valence-electron chi connectivity index (χ1n) is 6.36. The summed E-state index contributed by atoms with van der Waals surface area (Å²) in [6.07, 6.45) is 0. The molecule has 0 radical (unpaired) electrons. The lowest BCUT2D eigenvalue weighted by Gasteiger charge is -2.16. The van der Waals surface area contributed by atoms with Crippen LogP contribution in [0.2, 0.25) is 0 Å². The van der Waals surface area contributed by atoms with Crippen LogP contribution in [0.3, 0.4) is 0 Å². The van der Waals surface area contributed by atoms with Crippen molar-refractivity contribution in [3.05, 3.63) is 29.8 Å². The molecule has 1 rings (SSSR count). The highest BCUT2D eigenvalue weighted by atomic mass is 32.1. The van der Waals surface area contributed by atoms with E-state index < -0.39 is 5.97 Å². The minimum Gasteiger partial charge on any atom is -0.484 e. The van der Waals surface area contributed by atoms with Crippen LogP contribution >= 0.6 is 12.2 Å². The van der Waals surface area contributed by atoms with Crippen molar-refractivity contribution in [2.75, 3.05) is 26.8 Å². The van der Waals surface area contributed by atoms with Crippen LogP contribution in [0.15, 0.2) is 24.3 Å². The maximum Gasteiger partial charge on any atom is 0.325 e. The molecule has 114 valence electrons. The number of hydrogen-bond acceptors (Lipinski definition) is 5. The summed E-state index contributed by atoms with van der Waals surface area (Å²) in [5, 5.41) is 0. The standard InChI is InChI=1S/C14H18N2O4S/c1-3-19-13(18)8-16(2)12(17)9-20-11-6-4-10(5-7-11)14(15)21/h4-7H,3,8-9H2,1-2H3,(H2,15,21). The smallest absolute Gasteiger partial charge is 0.325 e. The van der Waals surface area contributed by atoms with Crippen LogP contribution in [0.4, 0.5) is 0 Å². The largest absolute Gasteiger partial charge is 0.484 e. The summed E-state index contributed by atoms with van der Waals surface area (Å²) in [5.41, 5.74) is 6.21. The molecule has 0 unspecified atom stereocenters. The Kier molecular flexibility index (Phi) is 6.61. The number of nitrogens with two attached hydrogens (primary N) is 1. The lowest BCUT2D eigenvalue weighted by molar-refractivity contribution is -0.148. The third-order valence-electron chi connectivity index (χ3n) is 2.60. The molecule has 2 N–H and O–H groups in total. The Bertz CT molecular complexity index is 516. The Morgan fingerprint density at radius 3 is 2.43 bits per heavy atom. The number of likely N-dealkylation sites (N-methyl/N-ethyl adjacent to an activating group) is 1. The molecule has 0 saturated carbocycles. The van der Waals surface area contributed by atoms with Gasteiger partial charge in [0.15, 0.2) is 6.61 Å². The summed E-state index contributed by atoms with van der Waals surface area (Å²) in [5.74, 6) is -0.247. The molecule has 0 fully saturated rings. The molecule has 1 aromatic rings. The Hall–Kier alpha value is -2.15. The zero-order valence-electron chi connectivity index (χ0n) is 12.0. The number of carbonyl (C=O) groups is 2. The van der Waals surface area contributed by atoms with E-state index in [0.717, 1.165) is 5.56 Å². The van der Waals surface area contributed by atoms with Gasteiger partial charge in [-0.2, -0.15) is 0 Å². The first-order chi connectivity index (χ1) is 9.93. The number of carbonyl (C=O) groups excluding carboxylic acids is 2. The van der Waals surface area contributed by atoms with E-state index in [-0.39, 0.29) is 25.7 Å². The zero-order chi connectivity index (χ0) is 15.8. The van der Waals surface area contributed by atoms with E-state index in [4.69, 9.17) is 27.4 Å². The van der Waals surface area contributed by atoms with Crippen LogP contribution in [0.1, 0.15) is 12.5 Å². The Morgan fingerprint density at radius 2 is 1.90 bits per heavy atom. The predicted molar refractivity (Wildman–Crippen MR) is 82.1 cm³/mol. The lowest BCUT2D eigenvalue weighted by atomic mass is 10.2. The first-order valence-corrected chi connectivity index (χ1v) is 6.77. The molecule has 0 aliphatic heterocycles. The number of nitrogens with zero attached hydrogens (tertiary/aromatic N) is 1. The molecule has 7 heteroatoms. The van der Waals surface area contributed by atoms with Crippen LogP contribution < -0.4 is 10.5 Å². The second-order valence-electron chi connectivity index (χ2n) is 4.23. The minimum absolute atomic E-state index is 0.101. The summed E-state index contributed by atoms with van der Waals surface area (Å²) in [6, 6.07) is 6.77. The fourth-order valence-corrected chi connectivity index (χ4v) is 1.60. The maximum absolute atomic E-state index is 11.8. The molecule has 1 amide bonds. The molecule has 6 nitrogen and oxygen atoms in total. The Balaban J connectivity index is 2.45. The van der Waals surface area contributed by atoms with Gasteiger partial charge in [0.1, 0.15) is 17.3 Å². The molecule has 0 aliphatic rings. The van der Waals surface area contributed by atoms with Gasteiger partial charge in [0.25, 0.3) is 5.91 Å². The van der Waals surface area contributed by atoms with E-state index in [9.17, 15) is 9.59 Å². The van der Waals surface area contributed by atoms with Gasteiger partial charge in [-0.25, -0.2) is 0 Å². The summed E-state index contributed by atoms with van der Waals surface area (Å²) in [4.78, 5) is 24.6. The Labute approximate surface area is 128 Å². The van der Waals surface area contributed by atoms with E-state index >= 15 is 0 Å². The van der Waals surface area contributed by atoms with Gasteiger partial charge in [0.05, 0.1) is 6.61 Å². The molecule has 1 aromatic carbocycles. The van der Waals surface area contributed by atoms with Crippen LogP contribution in [0, 0.1) is 0 Å². The van der Waals surface area contributed by atoms with Crippen molar-refractivity contribution in [3.63, 3.8) is 0 Å². The van der Waals surface area contributed by atoms with Gasteiger partial charge in [-0.1, -0.05) is 12.2 Å². The average molecular weight is 310 g/mol. The zero-order valence-corrected chi connectivity index (χ0v) is 12.8. The van der Waals surface area contributed by atoms with Crippen LogP contribution in [-0.4, -0.2) is 48.6 Å². The summed E-state index contributed by atoms with van der Waals surface area (Å²) >= 11 is 4.84. The SMILES string of the molecule is CCOC(=O)CN(C)C(=O)COc1ccc(C(N)=S)cc1. The van der Waals surface area contributed by atoms with Crippen molar-refractivity contribution >= 4 is 29.1 Å². The highest BCUT2D eigenvalue weighted by Gasteiger charge is 2.14. The second-order valence-corrected chi connectivity index (χ2v) is 4.67. The molecular weight excluding hydrogens is 292 g/mol. The number of hydrogen-bond donors (Lipinski definition) is 1. The third-order valence-corrected chi connectivity index (χ3v) is 2.83. The van der Waals surface area contributed by atoms with Crippen LogP contribution in [0.25, 0.3) is 0 Å². The number of ether oxygens (including phenoxy) is 2. The van der Waals surface area contributed by atoms with Crippen molar-refractivity contribution in [2.45, 2.75) is 6.92 Å². The van der Waals surface area contributed by atoms with Gasteiger partial charge in [0, 0.05) is 12.6 Å². The van der Waals surface area contributed by atoms with Gasteiger partial charge in [0.2, 0.25) is 0 Å². The molecule has 0 spiro atoms. The van der Waals surface area contributed by atoms with E-state index in [1.54, 1.807) is 31.2 Å². The lowest BCUT2D eigenvalue weighted by Crippen LogP contribution is -2.36. The second kappa shape index (κ2) is 8.21. The molecule has 0 aliphatic carbocycles. The van der Waals surface area contributed by atoms with Crippen LogP contribution in [-0.2, 0) is 14.3 Å². The first kappa shape index (κ1) is 16.9. The van der Waals surface area contributed by atoms with E-state index in [0.29, 0.717) is 10.7 Å². The monoisotopic (exact) mass is 310 g/mol. The molecule has 0 atom stereocenters. The van der Waals surface area contributed by atoms with Gasteiger partial charge in [-0.05, 0) is 31.2 Å². The number of benzene rings is 1. The van der Waals surface area contributed by atoms with Crippen molar-refractivity contribution < 1.29 is 19.1 Å². The number of thiocarbonyl (C=S) groups is 1. The van der Waals surface area contributed by atoms with Crippen LogP contribution in [0.5, 0.6) is 5.75 Å². The minimum atomic E-state index is -0.450. The van der Waals surface area contributed by atoms with E-state index in [2.05, 4.69) is 0 Å². The Morgan fingerprint density at radius 1 is 1.29 bits per heavy atom. The number of esters is 1. The average Bonchev–Trinajstić information content (AvgIpc) is 2.45.